The quantitative estimate of drug-likeness (QED) is 0.0222. The molecule has 2 unspecified atom stereocenters. The molecule has 0 aliphatic rings. The van der Waals surface area contributed by atoms with Gasteiger partial charge in [-0.3, -0.25) is 37.3 Å². The summed E-state index contributed by atoms with van der Waals surface area (Å²) in [7, 11) is -9.89. The lowest BCUT2D eigenvalue weighted by Crippen LogP contribution is -2.30. The first kappa shape index (κ1) is 86.1. The second-order valence-electron chi connectivity index (χ2n) is 25.4. The highest BCUT2D eigenvalue weighted by Gasteiger charge is 2.30. The van der Waals surface area contributed by atoms with Gasteiger partial charge in [-0.05, 0) is 31.6 Å². The van der Waals surface area contributed by atoms with Crippen molar-refractivity contribution in [3.05, 3.63) is 0 Å². The highest BCUT2D eigenvalue weighted by molar-refractivity contribution is 7.47. The zero-order chi connectivity index (χ0) is 64.9. The number of carbonyl (C=O) groups is 4. The average Bonchev–Trinajstić information content (AvgIpc) is 3.63. The van der Waals surface area contributed by atoms with Crippen LogP contribution in [0.25, 0.3) is 0 Å². The van der Waals surface area contributed by atoms with Gasteiger partial charge in [0, 0.05) is 25.7 Å². The summed E-state index contributed by atoms with van der Waals surface area (Å²) in [6.45, 7) is 7.21. The van der Waals surface area contributed by atoms with Gasteiger partial charge < -0.3 is 33.8 Å². The molecule has 0 saturated heterocycles. The molecule has 88 heavy (non-hydrogen) atoms. The summed E-state index contributed by atoms with van der Waals surface area (Å²) in [5.41, 5.74) is 0. The topological polar surface area (TPSA) is 237 Å². The van der Waals surface area contributed by atoms with Crippen LogP contribution < -0.4 is 0 Å². The molecule has 0 fully saturated rings. The van der Waals surface area contributed by atoms with E-state index in [1.807, 2.05) is 0 Å². The van der Waals surface area contributed by atoms with Crippen molar-refractivity contribution in [3.63, 3.8) is 0 Å². The third kappa shape index (κ3) is 62.8. The molecule has 17 nitrogen and oxygen atoms in total. The first-order valence-corrected chi connectivity index (χ1v) is 39.1. The number of esters is 4. The van der Waals surface area contributed by atoms with Crippen LogP contribution in [0.1, 0.15) is 356 Å². The van der Waals surface area contributed by atoms with E-state index < -0.39 is 97.5 Å². The Morgan fingerprint density at radius 3 is 0.773 bits per heavy atom. The van der Waals surface area contributed by atoms with Crippen LogP contribution in [0.4, 0.5) is 0 Å². The molecule has 0 aromatic rings. The van der Waals surface area contributed by atoms with Crippen molar-refractivity contribution < 1.29 is 80.2 Å². The molecule has 0 saturated carbocycles. The summed E-state index contributed by atoms with van der Waals surface area (Å²) < 4.78 is 68.1. The van der Waals surface area contributed by atoms with Crippen LogP contribution in [0.3, 0.4) is 0 Å². The lowest BCUT2D eigenvalue weighted by atomic mass is 10.0. The Balaban J connectivity index is 5.18. The Kier molecular flexibility index (Phi) is 61.1. The van der Waals surface area contributed by atoms with Gasteiger partial charge in [0.05, 0.1) is 26.4 Å². The number of ether oxygens (including phenoxy) is 4. The van der Waals surface area contributed by atoms with Crippen LogP contribution in [0.5, 0.6) is 0 Å². The Bertz CT molecular complexity index is 1700. The molecule has 0 amide bonds. The van der Waals surface area contributed by atoms with Crippen molar-refractivity contribution in [3.8, 4) is 0 Å². The fraction of sp³-hybridized carbons (Fsp3) is 0.942. The van der Waals surface area contributed by atoms with Crippen molar-refractivity contribution in [2.75, 3.05) is 39.6 Å². The molecule has 0 aliphatic heterocycles. The highest BCUT2D eigenvalue weighted by atomic mass is 31.2. The van der Waals surface area contributed by atoms with Crippen LogP contribution >= 0.6 is 15.6 Å². The van der Waals surface area contributed by atoms with E-state index in [2.05, 4.69) is 34.6 Å². The van der Waals surface area contributed by atoms with Crippen LogP contribution in [-0.2, 0) is 65.4 Å². The Labute approximate surface area is 537 Å². The largest absolute Gasteiger partial charge is 0.472 e. The molecule has 3 N–H and O–H groups in total. The normalized spacial score (nSPS) is 14.1. The van der Waals surface area contributed by atoms with Crippen LogP contribution in [0.15, 0.2) is 0 Å². The number of phosphoric acid groups is 2. The molecule has 0 heterocycles. The molecule has 0 aliphatic carbocycles. The zero-order valence-corrected chi connectivity index (χ0v) is 58.6. The summed E-state index contributed by atoms with van der Waals surface area (Å²) in [5.74, 6) is -1.33. The van der Waals surface area contributed by atoms with Crippen LogP contribution in [-0.4, -0.2) is 96.7 Å². The molecule has 0 aromatic carbocycles. The number of carbonyl (C=O) groups excluding carboxylic acids is 4. The number of rotatable bonds is 69. The van der Waals surface area contributed by atoms with Crippen molar-refractivity contribution in [2.24, 2.45) is 5.92 Å². The lowest BCUT2D eigenvalue weighted by Gasteiger charge is -2.21. The maximum atomic E-state index is 13.0. The van der Waals surface area contributed by atoms with Crippen molar-refractivity contribution >= 4 is 39.5 Å². The highest BCUT2D eigenvalue weighted by Crippen LogP contribution is 2.45. The number of unbranched alkanes of at least 4 members (excludes halogenated alkanes) is 41. The Hall–Kier alpha value is -1.94. The van der Waals surface area contributed by atoms with E-state index in [0.29, 0.717) is 25.7 Å². The van der Waals surface area contributed by atoms with Crippen molar-refractivity contribution in [1.29, 1.82) is 0 Å². The van der Waals surface area contributed by atoms with Crippen LogP contribution in [0, 0.1) is 5.92 Å². The van der Waals surface area contributed by atoms with Gasteiger partial charge >= 0.3 is 39.5 Å². The average molecular weight is 1300 g/mol. The number of phosphoric ester groups is 2. The SMILES string of the molecule is CCCCCCCCCCCCCCCCCC(=O)OC[C@H](COP(=O)(O)OC[C@@H](O)COP(=O)(O)OC[C@@H](COC(=O)CCCCCCCCCC)OC(=O)CCCCCCCCCC)OC(=O)CCCCCCCCCCCCCCCCC(C)C. The first-order valence-electron chi connectivity index (χ1n) is 36.1. The van der Waals surface area contributed by atoms with Gasteiger partial charge in [-0.1, -0.05) is 304 Å². The van der Waals surface area contributed by atoms with E-state index in [-0.39, 0.29) is 25.7 Å². The van der Waals surface area contributed by atoms with Gasteiger partial charge in [0.1, 0.15) is 19.3 Å². The van der Waals surface area contributed by atoms with Gasteiger partial charge in [0.2, 0.25) is 0 Å². The first-order chi connectivity index (χ1) is 42.5. The maximum absolute atomic E-state index is 13.0. The lowest BCUT2D eigenvalue weighted by molar-refractivity contribution is -0.161. The monoisotopic (exact) mass is 1300 g/mol. The molecule has 0 radical (unpaired) electrons. The predicted molar refractivity (Wildman–Crippen MR) is 354 cm³/mol. The molecular formula is C69H134O17P2. The van der Waals surface area contributed by atoms with E-state index in [9.17, 15) is 43.2 Å². The predicted octanol–water partition coefficient (Wildman–Crippen LogP) is 19.7. The van der Waals surface area contributed by atoms with Gasteiger partial charge in [-0.15, -0.1) is 0 Å². The fourth-order valence-corrected chi connectivity index (χ4v) is 12.0. The summed E-state index contributed by atoms with van der Waals surface area (Å²) in [5, 5.41) is 10.6. The third-order valence-electron chi connectivity index (χ3n) is 16.0. The molecule has 522 valence electrons. The number of hydrogen-bond donors (Lipinski definition) is 3. The van der Waals surface area contributed by atoms with Crippen molar-refractivity contribution in [1.82, 2.24) is 0 Å². The standard InChI is InChI=1S/C69H134O17P2/c1-6-9-12-15-18-21-22-23-24-28-31-34-39-43-48-53-67(72)80-59-65(86-69(74)55-50-45-40-35-32-29-26-25-27-30-33-36-41-46-51-62(4)5)61-84-88(77,78)82-57-63(70)56-81-87(75,76)83-60-64(85-68(73)54-49-44-38-20-17-14-11-8-3)58-79-66(71)52-47-42-37-19-16-13-10-7-2/h62-65,70H,6-61H2,1-5H3,(H,75,76)(H,77,78)/t63-,64+,65+/m0/s1. The number of aliphatic hydroxyl groups excluding tert-OH is 1. The van der Waals surface area contributed by atoms with E-state index in [4.69, 9.17) is 37.0 Å². The molecular weight excluding hydrogens is 1160 g/mol. The smallest absolute Gasteiger partial charge is 0.462 e. The molecule has 0 spiro atoms. The Morgan fingerprint density at radius 2 is 0.523 bits per heavy atom. The van der Waals surface area contributed by atoms with E-state index in [0.717, 1.165) is 109 Å². The summed E-state index contributed by atoms with van der Waals surface area (Å²) >= 11 is 0. The van der Waals surface area contributed by atoms with Crippen LogP contribution in [0.2, 0.25) is 0 Å². The Morgan fingerprint density at radius 1 is 0.307 bits per heavy atom. The third-order valence-corrected chi connectivity index (χ3v) is 17.9. The van der Waals surface area contributed by atoms with E-state index >= 15 is 0 Å². The minimum absolute atomic E-state index is 0.105. The van der Waals surface area contributed by atoms with Gasteiger partial charge in [0.25, 0.3) is 0 Å². The fourth-order valence-electron chi connectivity index (χ4n) is 10.5. The van der Waals surface area contributed by atoms with E-state index in [1.54, 1.807) is 0 Å². The second kappa shape index (κ2) is 62.5. The summed E-state index contributed by atoms with van der Waals surface area (Å²) in [6, 6.07) is 0. The molecule has 5 atom stereocenters. The van der Waals surface area contributed by atoms with Gasteiger partial charge in [0.15, 0.2) is 12.2 Å². The number of aliphatic hydroxyl groups is 1. The minimum Gasteiger partial charge on any atom is -0.462 e. The van der Waals surface area contributed by atoms with E-state index in [1.165, 1.54) is 167 Å². The number of hydrogen-bond acceptors (Lipinski definition) is 15. The second-order valence-corrected chi connectivity index (χ2v) is 28.3. The summed E-state index contributed by atoms with van der Waals surface area (Å²) in [6.07, 6.45) is 48.7. The zero-order valence-electron chi connectivity index (χ0n) is 56.9. The maximum Gasteiger partial charge on any atom is 0.472 e. The van der Waals surface area contributed by atoms with Crippen molar-refractivity contribution in [2.45, 2.75) is 374 Å². The minimum atomic E-state index is -4.95. The summed E-state index contributed by atoms with van der Waals surface area (Å²) in [4.78, 5) is 72.3. The molecule has 0 aromatic heterocycles. The molecule has 0 bridgehead atoms. The molecule has 19 heteroatoms. The molecule has 0 rings (SSSR count). The van der Waals surface area contributed by atoms with Gasteiger partial charge in [-0.2, -0.15) is 0 Å². The van der Waals surface area contributed by atoms with Gasteiger partial charge in [-0.25, -0.2) is 9.13 Å².